The lowest BCUT2D eigenvalue weighted by molar-refractivity contribution is -0.173. The van der Waals surface area contributed by atoms with Crippen molar-refractivity contribution in [1.29, 1.82) is 0 Å². The zero-order chi connectivity index (χ0) is 15.8. The van der Waals surface area contributed by atoms with Crippen molar-refractivity contribution in [2.24, 2.45) is 11.1 Å². The SMILES string of the molecule is CC(C)(C)C(=O)OCOC(=O)C1=CCS[C@H]2C(N)C(=O)N12. The van der Waals surface area contributed by atoms with Crippen LogP contribution in [0.4, 0.5) is 0 Å². The van der Waals surface area contributed by atoms with Crippen molar-refractivity contribution in [3.63, 3.8) is 0 Å². The summed E-state index contributed by atoms with van der Waals surface area (Å²) >= 11 is 1.49. The van der Waals surface area contributed by atoms with Crippen LogP contribution in [-0.4, -0.2) is 46.7 Å². The Kier molecular flexibility index (Phi) is 4.29. The number of nitrogens with zero attached hydrogens (tertiary/aromatic N) is 1. The molecule has 7 nitrogen and oxygen atoms in total. The zero-order valence-electron chi connectivity index (χ0n) is 12.1. The monoisotopic (exact) mass is 314 g/mol. The molecule has 0 aromatic heterocycles. The van der Waals surface area contributed by atoms with E-state index in [0.717, 1.165) is 0 Å². The number of β-lactam (4-membered cyclic amide) rings is 1. The van der Waals surface area contributed by atoms with Gasteiger partial charge in [-0.2, -0.15) is 0 Å². The van der Waals surface area contributed by atoms with Crippen LogP contribution in [0.3, 0.4) is 0 Å². The van der Waals surface area contributed by atoms with E-state index in [1.54, 1.807) is 26.8 Å². The lowest BCUT2D eigenvalue weighted by Gasteiger charge is -2.46. The van der Waals surface area contributed by atoms with Gasteiger partial charge in [0, 0.05) is 5.75 Å². The summed E-state index contributed by atoms with van der Waals surface area (Å²) in [5.41, 5.74) is 5.16. The van der Waals surface area contributed by atoms with E-state index in [0.29, 0.717) is 5.75 Å². The van der Waals surface area contributed by atoms with Gasteiger partial charge in [0.05, 0.1) is 5.41 Å². The molecule has 1 amide bonds. The van der Waals surface area contributed by atoms with Gasteiger partial charge in [-0.3, -0.25) is 14.5 Å². The number of thioether (sulfide) groups is 1. The summed E-state index contributed by atoms with van der Waals surface area (Å²) in [7, 11) is 0. The number of hydrogen-bond acceptors (Lipinski definition) is 7. The number of nitrogens with two attached hydrogens (primary N) is 1. The molecule has 1 fully saturated rings. The average molecular weight is 314 g/mol. The molecule has 2 heterocycles. The summed E-state index contributed by atoms with van der Waals surface area (Å²) in [5.74, 6) is -0.887. The summed E-state index contributed by atoms with van der Waals surface area (Å²) < 4.78 is 9.74. The Morgan fingerprint density at radius 2 is 2.10 bits per heavy atom. The van der Waals surface area contributed by atoms with Crippen LogP contribution in [-0.2, 0) is 23.9 Å². The minimum absolute atomic E-state index is 0.164. The topological polar surface area (TPSA) is 98.9 Å². The Labute approximate surface area is 126 Å². The van der Waals surface area contributed by atoms with E-state index in [1.165, 1.54) is 16.7 Å². The fraction of sp³-hybridized carbons (Fsp3) is 0.615. The normalized spacial score (nSPS) is 24.7. The minimum Gasteiger partial charge on any atom is -0.427 e. The summed E-state index contributed by atoms with van der Waals surface area (Å²) in [4.78, 5) is 36.5. The molecule has 116 valence electrons. The second-order valence-corrected chi connectivity index (χ2v) is 6.93. The van der Waals surface area contributed by atoms with Crippen LogP contribution < -0.4 is 5.73 Å². The lowest BCUT2D eigenvalue weighted by Crippen LogP contribution is -2.68. The highest BCUT2D eigenvalue weighted by atomic mass is 32.2. The molecular weight excluding hydrogens is 296 g/mol. The highest BCUT2D eigenvalue weighted by molar-refractivity contribution is 8.00. The molecule has 0 aromatic rings. The molecule has 0 aromatic carbocycles. The number of rotatable bonds is 3. The molecule has 0 spiro atoms. The number of esters is 2. The fourth-order valence-corrected chi connectivity index (χ4v) is 2.99. The van der Waals surface area contributed by atoms with Gasteiger partial charge in [0.15, 0.2) is 0 Å². The molecule has 0 radical (unpaired) electrons. The molecule has 2 N–H and O–H groups in total. The quantitative estimate of drug-likeness (QED) is 0.451. The van der Waals surface area contributed by atoms with Gasteiger partial charge in [0.1, 0.15) is 17.1 Å². The number of ether oxygens (including phenoxy) is 2. The van der Waals surface area contributed by atoms with Crippen LogP contribution in [0.2, 0.25) is 0 Å². The number of hydrogen-bond donors (Lipinski definition) is 1. The maximum Gasteiger partial charge on any atom is 0.357 e. The van der Waals surface area contributed by atoms with E-state index in [-0.39, 0.29) is 17.0 Å². The van der Waals surface area contributed by atoms with Crippen LogP contribution in [0, 0.1) is 5.41 Å². The first kappa shape index (κ1) is 15.8. The maximum atomic E-state index is 11.9. The van der Waals surface area contributed by atoms with Gasteiger partial charge in [-0.15, -0.1) is 11.8 Å². The smallest absolute Gasteiger partial charge is 0.357 e. The Balaban J connectivity index is 1.88. The third-order valence-corrected chi connectivity index (χ3v) is 4.29. The van der Waals surface area contributed by atoms with Crippen LogP contribution in [0.5, 0.6) is 0 Å². The molecule has 2 aliphatic heterocycles. The summed E-state index contributed by atoms with van der Waals surface area (Å²) in [6.07, 6.45) is 1.61. The first-order chi connectivity index (χ1) is 9.73. The largest absolute Gasteiger partial charge is 0.427 e. The molecule has 0 saturated carbocycles. The van der Waals surface area contributed by atoms with Crippen molar-refractivity contribution in [2.75, 3.05) is 12.5 Å². The Morgan fingerprint density at radius 3 is 2.71 bits per heavy atom. The Bertz CT molecular complexity index is 511. The van der Waals surface area contributed by atoms with Crippen molar-refractivity contribution in [3.05, 3.63) is 11.8 Å². The van der Waals surface area contributed by atoms with E-state index >= 15 is 0 Å². The summed E-state index contributed by atoms with van der Waals surface area (Å²) in [6.45, 7) is 4.62. The molecule has 1 unspecified atom stereocenters. The fourth-order valence-electron chi connectivity index (χ4n) is 1.85. The minimum atomic E-state index is -0.692. The van der Waals surface area contributed by atoms with Gasteiger partial charge in [-0.25, -0.2) is 4.79 Å². The molecule has 8 heteroatoms. The molecule has 21 heavy (non-hydrogen) atoms. The van der Waals surface area contributed by atoms with Gasteiger partial charge >= 0.3 is 11.9 Å². The first-order valence-corrected chi connectivity index (χ1v) is 7.53. The third-order valence-electron chi connectivity index (χ3n) is 3.09. The van der Waals surface area contributed by atoms with Gasteiger partial charge in [-0.1, -0.05) is 0 Å². The van der Waals surface area contributed by atoms with Crippen LogP contribution in [0.15, 0.2) is 11.8 Å². The number of fused-ring (bicyclic) bond motifs is 1. The molecule has 1 saturated heterocycles. The van der Waals surface area contributed by atoms with Crippen LogP contribution >= 0.6 is 11.8 Å². The Morgan fingerprint density at radius 1 is 1.43 bits per heavy atom. The van der Waals surface area contributed by atoms with Crippen LogP contribution in [0.25, 0.3) is 0 Å². The third kappa shape index (κ3) is 3.06. The average Bonchev–Trinajstić information content (AvgIpc) is 2.44. The second kappa shape index (κ2) is 5.69. The second-order valence-electron chi connectivity index (χ2n) is 5.78. The summed E-state index contributed by atoms with van der Waals surface area (Å²) in [6, 6.07) is -0.579. The van der Waals surface area contributed by atoms with Gasteiger partial charge in [0.25, 0.3) is 0 Å². The van der Waals surface area contributed by atoms with E-state index in [4.69, 9.17) is 15.2 Å². The maximum absolute atomic E-state index is 11.9. The lowest BCUT2D eigenvalue weighted by atomic mass is 9.98. The van der Waals surface area contributed by atoms with Crippen LogP contribution in [0.1, 0.15) is 20.8 Å². The molecule has 0 aliphatic carbocycles. The number of carbonyl (C=O) groups is 3. The standard InChI is InChI=1S/C13H18N2O5S/c1-13(2,3)12(18)20-6-19-11(17)7-4-5-21-10-8(14)9(16)15(7)10/h4,8,10H,5-6,14H2,1-3H3/t8?,10-/m0/s1. The van der Waals surface area contributed by atoms with Crippen molar-refractivity contribution < 1.29 is 23.9 Å². The summed E-state index contributed by atoms with van der Waals surface area (Å²) in [5, 5.41) is -0.220. The molecule has 2 rings (SSSR count). The first-order valence-electron chi connectivity index (χ1n) is 6.48. The van der Waals surface area contributed by atoms with E-state index in [1.807, 2.05) is 0 Å². The molecule has 2 atom stereocenters. The highest BCUT2D eigenvalue weighted by Crippen LogP contribution is 2.36. The van der Waals surface area contributed by atoms with Crippen molar-refractivity contribution in [2.45, 2.75) is 32.2 Å². The Hall–Kier alpha value is -1.54. The van der Waals surface area contributed by atoms with Crippen molar-refractivity contribution in [3.8, 4) is 0 Å². The number of amides is 1. The number of carbonyl (C=O) groups excluding carboxylic acids is 3. The van der Waals surface area contributed by atoms with Crippen molar-refractivity contribution in [1.82, 2.24) is 4.90 Å². The van der Waals surface area contributed by atoms with Gasteiger partial charge < -0.3 is 15.2 Å². The zero-order valence-corrected chi connectivity index (χ0v) is 12.9. The van der Waals surface area contributed by atoms with Gasteiger partial charge in [0.2, 0.25) is 12.7 Å². The predicted molar refractivity (Wildman–Crippen MR) is 75.7 cm³/mol. The van der Waals surface area contributed by atoms with Crippen molar-refractivity contribution >= 4 is 29.6 Å². The predicted octanol–water partition coefficient (Wildman–Crippen LogP) is 0.203. The molecule has 2 aliphatic rings. The van der Waals surface area contributed by atoms with Gasteiger partial charge in [-0.05, 0) is 26.8 Å². The van der Waals surface area contributed by atoms with E-state index < -0.39 is 30.2 Å². The molecular formula is C13H18N2O5S. The van der Waals surface area contributed by atoms with E-state index in [2.05, 4.69) is 0 Å². The van der Waals surface area contributed by atoms with E-state index in [9.17, 15) is 14.4 Å². The molecule has 0 bridgehead atoms. The highest BCUT2D eigenvalue weighted by Gasteiger charge is 2.50.